The van der Waals surface area contributed by atoms with Crippen LogP contribution in [0, 0.1) is 24.0 Å². The van der Waals surface area contributed by atoms with Gasteiger partial charge in [0.05, 0.1) is 34.2 Å². The van der Waals surface area contributed by atoms with Crippen molar-refractivity contribution in [2.45, 2.75) is 27.7 Å². The van der Waals surface area contributed by atoms with Crippen LogP contribution in [-0.4, -0.2) is 28.2 Å². The Balaban J connectivity index is 2.26. The third kappa shape index (κ3) is 4.03. The topological polar surface area (TPSA) is 110 Å². The number of non-ortho nitro benzene ring substituents is 1. The van der Waals surface area contributed by atoms with Gasteiger partial charge in [0.1, 0.15) is 0 Å². The average Bonchev–Trinajstić information content (AvgIpc) is 2.87. The summed E-state index contributed by atoms with van der Waals surface area (Å²) < 4.78 is 5.07. The minimum atomic E-state index is -0.466. The Bertz CT molecular complexity index is 839. The van der Waals surface area contributed by atoms with Crippen LogP contribution >= 0.6 is 0 Å². The van der Waals surface area contributed by atoms with Crippen LogP contribution in [0.25, 0.3) is 0 Å². The number of carbonyl (C=O) groups excluding carboxylic acids is 1. The lowest BCUT2D eigenvalue weighted by Gasteiger charge is -2.04. The van der Waals surface area contributed by atoms with Crippen LogP contribution in [0.5, 0.6) is 0 Å². The molecule has 8 heteroatoms. The Morgan fingerprint density at radius 3 is 2.76 bits per heavy atom. The van der Waals surface area contributed by atoms with Crippen molar-refractivity contribution in [2.24, 2.45) is 5.10 Å². The van der Waals surface area contributed by atoms with E-state index in [-0.39, 0.29) is 11.7 Å². The second-order valence-electron chi connectivity index (χ2n) is 5.46. The van der Waals surface area contributed by atoms with Gasteiger partial charge in [-0.3, -0.25) is 15.5 Å². The van der Waals surface area contributed by atoms with Crippen LogP contribution < -0.4 is 5.43 Å². The molecule has 2 N–H and O–H groups in total. The van der Waals surface area contributed by atoms with Crippen LogP contribution in [0.1, 0.15) is 41.2 Å². The van der Waals surface area contributed by atoms with Gasteiger partial charge in [-0.1, -0.05) is 6.07 Å². The lowest BCUT2D eigenvalue weighted by molar-refractivity contribution is -0.384. The number of aromatic amines is 1. The van der Waals surface area contributed by atoms with Gasteiger partial charge in [0.25, 0.3) is 5.69 Å². The number of nitrogens with one attached hydrogen (secondary N) is 2. The predicted molar refractivity (Wildman–Crippen MR) is 95.2 cm³/mol. The Morgan fingerprint density at radius 2 is 2.12 bits per heavy atom. The summed E-state index contributed by atoms with van der Waals surface area (Å²) in [5.41, 5.74) is 6.55. The number of carbonyl (C=O) groups is 1. The maximum atomic E-state index is 12.0. The van der Waals surface area contributed by atoms with Crippen molar-refractivity contribution in [2.75, 3.05) is 12.0 Å². The molecular formula is C17H20N4O4. The molecule has 0 atom stereocenters. The highest BCUT2D eigenvalue weighted by atomic mass is 16.6. The molecule has 0 radical (unpaired) electrons. The fourth-order valence-electron chi connectivity index (χ4n) is 2.51. The zero-order chi connectivity index (χ0) is 18.6. The van der Waals surface area contributed by atoms with E-state index in [0.29, 0.717) is 35.0 Å². The lowest BCUT2D eigenvalue weighted by atomic mass is 10.1. The molecule has 0 bridgehead atoms. The standard InChI is InChI=1S/C17H20N4O4/c1-5-25-17(22)15-10(2)16(18-11(15)3)12(4)19-20-13-7-6-8-14(9-13)21(23)24/h6-9,18,20H,5H2,1-4H3. The highest BCUT2D eigenvalue weighted by Crippen LogP contribution is 2.21. The Morgan fingerprint density at radius 1 is 1.40 bits per heavy atom. The normalized spacial score (nSPS) is 11.3. The molecule has 132 valence electrons. The zero-order valence-corrected chi connectivity index (χ0v) is 14.5. The number of hydrazone groups is 1. The molecule has 1 aromatic heterocycles. The van der Waals surface area contributed by atoms with Crippen molar-refractivity contribution < 1.29 is 14.5 Å². The van der Waals surface area contributed by atoms with Crippen molar-refractivity contribution in [3.63, 3.8) is 0 Å². The van der Waals surface area contributed by atoms with Crippen LogP contribution in [0.3, 0.4) is 0 Å². The van der Waals surface area contributed by atoms with Gasteiger partial charge in [0.15, 0.2) is 0 Å². The summed E-state index contributed by atoms with van der Waals surface area (Å²) in [6.07, 6.45) is 0. The van der Waals surface area contributed by atoms with Gasteiger partial charge in [0.2, 0.25) is 0 Å². The molecule has 0 amide bonds. The maximum Gasteiger partial charge on any atom is 0.340 e. The largest absolute Gasteiger partial charge is 0.462 e. The summed E-state index contributed by atoms with van der Waals surface area (Å²) in [5.74, 6) is -0.376. The van der Waals surface area contributed by atoms with E-state index in [0.717, 1.165) is 5.56 Å². The van der Waals surface area contributed by atoms with Gasteiger partial charge >= 0.3 is 5.97 Å². The van der Waals surface area contributed by atoms with Gasteiger partial charge in [-0.2, -0.15) is 5.10 Å². The van der Waals surface area contributed by atoms with E-state index in [4.69, 9.17) is 4.74 Å². The molecule has 0 spiro atoms. The molecule has 0 fully saturated rings. The van der Waals surface area contributed by atoms with Crippen LogP contribution in [0.2, 0.25) is 0 Å². The SMILES string of the molecule is CCOC(=O)c1c(C)[nH]c(C(C)=NNc2cccc([N+](=O)[O-])c2)c1C. The minimum Gasteiger partial charge on any atom is -0.462 e. The number of hydrogen-bond donors (Lipinski definition) is 2. The summed E-state index contributed by atoms with van der Waals surface area (Å²) in [6, 6.07) is 6.06. The molecule has 2 rings (SSSR count). The Labute approximate surface area is 145 Å². The van der Waals surface area contributed by atoms with Crippen molar-refractivity contribution in [1.29, 1.82) is 0 Å². The molecule has 0 saturated heterocycles. The predicted octanol–water partition coefficient (Wildman–Crippen LogP) is 3.55. The summed E-state index contributed by atoms with van der Waals surface area (Å²) >= 11 is 0. The van der Waals surface area contributed by atoms with E-state index in [1.807, 2.05) is 6.92 Å². The smallest absolute Gasteiger partial charge is 0.340 e. The van der Waals surface area contributed by atoms with E-state index in [2.05, 4.69) is 15.5 Å². The number of H-pyrrole nitrogens is 1. The first-order chi connectivity index (χ1) is 11.8. The van der Waals surface area contributed by atoms with Crippen LogP contribution in [-0.2, 0) is 4.74 Å². The maximum absolute atomic E-state index is 12.0. The third-order valence-electron chi connectivity index (χ3n) is 3.69. The second-order valence-corrected chi connectivity index (χ2v) is 5.46. The molecule has 25 heavy (non-hydrogen) atoms. The molecule has 1 aromatic carbocycles. The zero-order valence-electron chi connectivity index (χ0n) is 14.5. The molecule has 8 nitrogen and oxygen atoms in total. The van der Waals surface area contributed by atoms with Crippen molar-refractivity contribution in [3.8, 4) is 0 Å². The number of hydrogen-bond acceptors (Lipinski definition) is 6. The van der Waals surface area contributed by atoms with Crippen molar-refractivity contribution >= 4 is 23.1 Å². The van der Waals surface area contributed by atoms with Crippen LogP contribution in [0.15, 0.2) is 29.4 Å². The van der Waals surface area contributed by atoms with E-state index >= 15 is 0 Å². The van der Waals surface area contributed by atoms with Gasteiger partial charge < -0.3 is 9.72 Å². The number of nitro groups is 1. The fourth-order valence-corrected chi connectivity index (χ4v) is 2.51. The summed E-state index contributed by atoms with van der Waals surface area (Å²) in [4.78, 5) is 25.5. The van der Waals surface area contributed by atoms with E-state index in [9.17, 15) is 14.9 Å². The summed E-state index contributed by atoms with van der Waals surface area (Å²) in [7, 11) is 0. The number of benzene rings is 1. The highest BCUT2D eigenvalue weighted by Gasteiger charge is 2.20. The minimum absolute atomic E-state index is 0.0191. The van der Waals surface area contributed by atoms with Crippen molar-refractivity contribution in [3.05, 3.63) is 56.9 Å². The fraction of sp³-hybridized carbons (Fsp3) is 0.294. The molecule has 0 unspecified atom stereocenters. The number of anilines is 1. The van der Waals surface area contributed by atoms with Gasteiger partial charge in [-0.25, -0.2) is 4.79 Å². The van der Waals surface area contributed by atoms with Crippen LogP contribution in [0.4, 0.5) is 11.4 Å². The molecule has 2 aromatic rings. The number of esters is 1. The first kappa shape index (κ1) is 18.2. The highest BCUT2D eigenvalue weighted by molar-refractivity contribution is 6.03. The molecule has 0 saturated carbocycles. The van der Waals surface area contributed by atoms with E-state index in [1.54, 1.807) is 32.9 Å². The Kier molecular flexibility index (Phi) is 5.53. The number of aryl methyl sites for hydroxylation is 1. The van der Waals surface area contributed by atoms with Gasteiger partial charge in [-0.05, 0) is 39.3 Å². The molecule has 0 aliphatic carbocycles. The molecular weight excluding hydrogens is 324 g/mol. The first-order valence-electron chi connectivity index (χ1n) is 7.76. The average molecular weight is 344 g/mol. The molecule has 0 aliphatic rings. The number of nitro benzene ring substituents is 1. The summed E-state index contributed by atoms with van der Waals surface area (Å²) in [5, 5.41) is 15.1. The Hall–Kier alpha value is -3.16. The van der Waals surface area contributed by atoms with Gasteiger partial charge in [0, 0.05) is 17.8 Å². The quantitative estimate of drug-likeness (QED) is 0.360. The second kappa shape index (κ2) is 7.61. The first-order valence-corrected chi connectivity index (χ1v) is 7.76. The van der Waals surface area contributed by atoms with E-state index in [1.165, 1.54) is 12.1 Å². The van der Waals surface area contributed by atoms with E-state index < -0.39 is 4.92 Å². The molecule has 1 heterocycles. The molecule has 0 aliphatic heterocycles. The number of ether oxygens (including phenoxy) is 1. The van der Waals surface area contributed by atoms with Gasteiger partial charge in [-0.15, -0.1) is 0 Å². The number of rotatable bonds is 6. The monoisotopic (exact) mass is 344 g/mol. The third-order valence-corrected chi connectivity index (χ3v) is 3.69. The summed E-state index contributed by atoms with van der Waals surface area (Å²) in [6.45, 7) is 7.45. The lowest BCUT2D eigenvalue weighted by Crippen LogP contribution is -2.07. The van der Waals surface area contributed by atoms with Crippen molar-refractivity contribution in [1.82, 2.24) is 4.98 Å². The number of nitrogens with zero attached hydrogens (tertiary/aromatic N) is 2. The number of aromatic nitrogens is 1.